The minimum atomic E-state index is -1.49. The van der Waals surface area contributed by atoms with Crippen LogP contribution in [-0.2, 0) is 9.59 Å². The van der Waals surface area contributed by atoms with Crippen LogP contribution in [0.3, 0.4) is 0 Å². The van der Waals surface area contributed by atoms with Crippen molar-refractivity contribution < 1.29 is 24.2 Å². The Balaban J connectivity index is 2.62. The smallest absolute Gasteiger partial charge is 0.318 e. The number of aliphatic hydroxyl groups excluding tert-OH is 1. The monoisotopic (exact) mass is 448 g/mol. The van der Waals surface area contributed by atoms with Gasteiger partial charge in [0.15, 0.2) is 5.92 Å². The first-order chi connectivity index (χ1) is 11.2. The van der Waals surface area contributed by atoms with Gasteiger partial charge in [-0.05, 0) is 54.1 Å². The van der Waals surface area contributed by atoms with Crippen molar-refractivity contribution in [2.45, 2.75) is 25.9 Å². The zero-order valence-corrected chi connectivity index (χ0v) is 15.6. The molecular formula is C16H18FIN2O4. The second-order valence-electron chi connectivity index (χ2n) is 5.67. The van der Waals surface area contributed by atoms with Gasteiger partial charge in [0.1, 0.15) is 17.2 Å². The van der Waals surface area contributed by atoms with Gasteiger partial charge in [-0.2, -0.15) is 0 Å². The van der Waals surface area contributed by atoms with Gasteiger partial charge in [0.05, 0.1) is 11.3 Å². The summed E-state index contributed by atoms with van der Waals surface area (Å²) < 4.78 is 14.9. The average molecular weight is 448 g/mol. The van der Waals surface area contributed by atoms with Crippen molar-refractivity contribution in [2.75, 3.05) is 12.4 Å². The molecule has 0 aliphatic carbocycles. The lowest BCUT2D eigenvalue weighted by Crippen LogP contribution is -2.64. The zero-order chi connectivity index (χ0) is 18.2. The lowest BCUT2D eigenvalue weighted by atomic mass is 9.81. The highest BCUT2D eigenvalue weighted by molar-refractivity contribution is 14.1. The number of halogens is 2. The van der Waals surface area contributed by atoms with Crippen LogP contribution in [0, 0.1) is 15.3 Å². The summed E-state index contributed by atoms with van der Waals surface area (Å²) in [6, 6.07) is 4.44. The van der Waals surface area contributed by atoms with Crippen LogP contribution in [0.5, 0.6) is 0 Å². The number of nitrogens with zero attached hydrogens (tertiary/aromatic N) is 1. The number of aliphatic hydroxyl groups is 1. The first-order valence-corrected chi connectivity index (χ1v) is 8.37. The fraction of sp³-hybridized carbons (Fsp3) is 0.375. The van der Waals surface area contributed by atoms with Crippen LogP contribution in [0.25, 0.3) is 0 Å². The van der Waals surface area contributed by atoms with E-state index in [1.807, 2.05) is 22.6 Å². The number of aliphatic carboxylic acids is 1. The van der Waals surface area contributed by atoms with E-state index in [0.29, 0.717) is 3.57 Å². The van der Waals surface area contributed by atoms with E-state index in [1.54, 1.807) is 13.0 Å². The van der Waals surface area contributed by atoms with Crippen LogP contribution < -0.4 is 5.32 Å². The fourth-order valence-corrected chi connectivity index (χ4v) is 3.46. The summed E-state index contributed by atoms with van der Waals surface area (Å²) >= 11 is 1.96. The number of carbonyl (C=O) groups is 2. The van der Waals surface area contributed by atoms with E-state index in [4.69, 9.17) is 0 Å². The molecule has 0 fully saturated rings. The average Bonchev–Trinajstić information content (AvgIpc) is 2.52. The Kier molecular flexibility index (Phi) is 5.07. The largest absolute Gasteiger partial charge is 0.511 e. The number of anilines is 1. The maximum absolute atomic E-state index is 14.2. The molecule has 0 saturated heterocycles. The molecule has 0 saturated carbocycles. The number of hydrogen-bond acceptors (Lipinski definition) is 4. The molecule has 1 aromatic carbocycles. The van der Waals surface area contributed by atoms with Crippen LogP contribution in [0.1, 0.15) is 20.3 Å². The van der Waals surface area contributed by atoms with Crippen LogP contribution in [0.2, 0.25) is 0 Å². The fourth-order valence-electron chi connectivity index (χ4n) is 3.01. The molecular weight excluding hydrogens is 430 g/mol. The molecule has 2 unspecified atom stereocenters. The molecule has 0 radical (unpaired) electrons. The number of amides is 1. The number of likely N-dealkylation sites (N-methyl/N-ethyl adjacent to an activating group) is 1. The molecule has 2 atom stereocenters. The van der Waals surface area contributed by atoms with E-state index >= 15 is 0 Å². The molecule has 0 aromatic heterocycles. The minimum absolute atomic E-state index is 0.0288. The predicted octanol–water partition coefficient (Wildman–Crippen LogP) is 2.95. The molecule has 1 heterocycles. The summed E-state index contributed by atoms with van der Waals surface area (Å²) in [6.07, 6.45) is 0.148. The Hall–Kier alpha value is -1.84. The third kappa shape index (κ3) is 2.83. The van der Waals surface area contributed by atoms with Gasteiger partial charge in [0.2, 0.25) is 0 Å². The van der Waals surface area contributed by atoms with Gasteiger partial charge in [-0.15, -0.1) is 0 Å². The Morgan fingerprint density at radius 1 is 1.50 bits per heavy atom. The van der Waals surface area contributed by atoms with Crippen molar-refractivity contribution in [3.63, 3.8) is 0 Å². The molecule has 2 rings (SSSR count). The van der Waals surface area contributed by atoms with Crippen molar-refractivity contribution in [1.29, 1.82) is 0 Å². The van der Waals surface area contributed by atoms with E-state index in [1.165, 1.54) is 31.0 Å². The molecule has 0 bridgehead atoms. The number of benzene rings is 1. The lowest BCUT2D eigenvalue weighted by Gasteiger charge is -2.48. The first kappa shape index (κ1) is 18.5. The van der Waals surface area contributed by atoms with E-state index in [9.17, 15) is 24.2 Å². The van der Waals surface area contributed by atoms with Crippen molar-refractivity contribution >= 4 is 40.2 Å². The van der Waals surface area contributed by atoms with Crippen molar-refractivity contribution in [3.05, 3.63) is 38.9 Å². The highest BCUT2D eigenvalue weighted by atomic mass is 127. The lowest BCUT2D eigenvalue weighted by molar-refractivity contribution is -0.151. The normalized spacial score (nSPS) is 24.3. The van der Waals surface area contributed by atoms with E-state index in [0.717, 1.165) is 0 Å². The number of carboxylic acids is 1. The molecule has 130 valence electrons. The first-order valence-electron chi connectivity index (χ1n) is 7.29. The van der Waals surface area contributed by atoms with Gasteiger partial charge >= 0.3 is 5.97 Å². The molecule has 8 heteroatoms. The molecule has 1 aromatic rings. The van der Waals surface area contributed by atoms with Gasteiger partial charge in [-0.1, -0.05) is 6.92 Å². The molecule has 1 aliphatic rings. The highest BCUT2D eigenvalue weighted by Gasteiger charge is 2.54. The Morgan fingerprint density at radius 3 is 2.62 bits per heavy atom. The third-order valence-corrected chi connectivity index (χ3v) is 5.10. The van der Waals surface area contributed by atoms with Gasteiger partial charge in [0.25, 0.3) is 5.91 Å². The third-order valence-electron chi connectivity index (χ3n) is 4.43. The molecule has 6 nitrogen and oxygen atoms in total. The molecule has 0 spiro atoms. The molecule has 1 amide bonds. The van der Waals surface area contributed by atoms with Gasteiger partial charge in [0, 0.05) is 10.6 Å². The molecule has 24 heavy (non-hydrogen) atoms. The van der Waals surface area contributed by atoms with Crippen molar-refractivity contribution in [2.24, 2.45) is 5.92 Å². The number of rotatable bonds is 4. The predicted molar refractivity (Wildman–Crippen MR) is 95.0 cm³/mol. The number of nitrogens with one attached hydrogen (secondary N) is 1. The molecule has 1 aliphatic heterocycles. The van der Waals surface area contributed by atoms with Gasteiger partial charge in [-0.3, -0.25) is 9.59 Å². The number of hydrogen-bond donors (Lipinski definition) is 3. The second kappa shape index (κ2) is 6.58. The SMILES string of the molecule is CCC1(Nc2ccc(I)cc2F)C(C(=O)O)C(O)=C(C)C(=O)N1C. The summed E-state index contributed by atoms with van der Waals surface area (Å²) in [5.41, 5.74) is -1.45. The minimum Gasteiger partial charge on any atom is -0.511 e. The molecule has 3 N–H and O–H groups in total. The summed E-state index contributed by atoms with van der Waals surface area (Å²) in [5, 5.41) is 22.7. The van der Waals surface area contributed by atoms with E-state index < -0.39 is 35.0 Å². The summed E-state index contributed by atoms with van der Waals surface area (Å²) in [7, 11) is 1.44. The summed E-state index contributed by atoms with van der Waals surface area (Å²) in [5.74, 6) is -4.29. The van der Waals surface area contributed by atoms with E-state index in [-0.39, 0.29) is 17.7 Å². The summed E-state index contributed by atoms with van der Waals surface area (Å²) in [4.78, 5) is 25.4. The van der Waals surface area contributed by atoms with Crippen LogP contribution >= 0.6 is 22.6 Å². The standard InChI is InChI=1S/C16H18FIN2O4/c1-4-16(19-11-6-5-9(18)7-10(11)17)12(15(23)24)13(21)8(2)14(22)20(16)3/h5-7,12,19,21H,4H2,1-3H3,(H,23,24). The highest BCUT2D eigenvalue weighted by Crippen LogP contribution is 2.40. The number of carbonyl (C=O) groups excluding carboxylic acids is 1. The Bertz CT molecular complexity index is 737. The van der Waals surface area contributed by atoms with Crippen LogP contribution in [0.15, 0.2) is 29.5 Å². The van der Waals surface area contributed by atoms with Gasteiger partial charge < -0.3 is 20.4 Å². The second-order valence-corrected chi connectivity index (χ2v) is 6.92. The van der Waals surface area contributed by atoms with Crippen molar-refractivity contribution in [1.82, 2.24) is 4.90 Å². The maximum Gasteiger partial charge on any atom is 0.318 e. The van der Waals surface area contributed by atoms with E-state index in [2.05, 4.69) is 5.32 Å². The topological polar surface area (TPSA) is 89.9 Å². The Labute approximate surface area is 152 Å². The zero-order valence-electron chi connectivity index (χ0n) is 13.4. The number of carboxylic acid groups (broad SMARTS) is 1. The van der Waals surface area contributed by atoms with Crippen molar-refractivity contribution in [3.8, 4) is 0 Å². The maximum atomic E-state index is 14.2. The Morgan fingerprint density at radius 2 is 2.12 bits per heavy atom. The quantitative estimate of drug-likeness (QED) is 0.617. The van der Waals surface area contributed by atoms with Gasteiger partial charge in [-0.25, -0.2) is 4.39 Å². The summed E-state index contributed by atoms with van der Waals surface area (Å²) in [6.45, 7) is 3.04. The van der Waals surface area contributed by atoms with Crippen LogP contribution in [-0.4, -0.2) is 39.7 Å². The van der Waals surface area contributed by atoms with Crippen LogP contribution in [0.4, 0.5) is 10.1 Å².